The van der Waals surface area contributed by atoms with E-state index < -0.39 is 0 Å². The Morgan fingerprint density at radius 1 is 1.24 bits per heavy atom. The van der Waals surface area contributed by atoms with Gasteiger partial charge in [-0.2, -0.15) is 10.2 Å². The first-order valence-corrected chi connectivity index (χ1v) is 7.15. The minimum Gasteiger partial charge on any atom is -0.369 e. The molecule has 0 fully saturated rings. The van der Waals surface area contributed by atoms with Crippen LogP contribution in [0, 0.1) is 0 Å². The molecule has 0 aromatic carbocycles. The molecular weight excluding hydrogens is 290 g/mol. The molecule has 0 bridgehead atoms. The molecular formula is C13H16ClN7. The van der Waals surface area contributed by atoms with Crippen LogP contribution in [0.2, 0.25) is 5.02 Å². The smallest absolute Gasteiger partial charge is 0.163 e. The van der Waals surface area contributed by atoms with Gasteiger partial charge in [-0.3, -0.25) is 9.36 Å². The molecule has 3 heterocycles. The zero-order valence-electron chi connectivity index (χ0n) is 11.9. The van der Waals surface area contributed by atoms with E-state index in [9.17, 15) is 0 Å². The Morgan fingerprint density at radius 2 is 2.10 bits per heavy atom. The van der Waals surface area contributed by atoms with Crippen molar-refractivity contribution in [3.63, 3.8) is 0 Å². The summed E-state index contributed by atoms with van der Waals surface area (Å²) in [6, 6.07) is 0. The molecule has 0 saturated heterocycles. The van der Waals surface area contributed by atoms with E-state index in [2.05, 4.69) is 32.4 Å². The van der Waals surface area contributed by atoms with Crippen molar-refractivity contribution in [1.29, 1.82) is 0 Å². The fourth-order valence-electron chi connectivity index (χ4n) is 2.09. The summed E-state index contributed by atoms with van der Waals surface area (Å²) in [6.07, 6.45) is 6.15. The molecule has 21 heavy (non-hydrogen) atoms. The summed E-state index contributed by atoms with van der Waals surface area (Å²) in [5.74, 6) is 1.48. The number of halogens is 1. The van der Waals surface area contributed by atoms with Gasteiger partial charge in [0.05, 0.1) is 22.8 Å². The zero-order valence-corrected chi connectivity index (χ0v) is 12.7. The first kappa shape index (κ1) is 13.8. The van der Waals surface area contributed by atoms with Gasteiger partial charge in [0, 0.05) is 19.8 Å². The summed E-state index contributed by atoms with van der Waals surface area (Å²) >= 11 is 5.88. The molecule has 3 aromatic heterocycles. The molecule has 3 rings (SSSR count). The standard InChI is InChI=1S/C13H16ClN7/c1-3-4-15-12-10-6-16-20(2)13(10)19-11(18-12)8-21-7-9(14)5-17-21/h5-7H,3-4,8H2,1-2H3,(H,15,18,19). The van der Waals surface area contributed by atoms with Crippen molar-refractivity contribution in [2.45, 2.75) is 19.9 Å². The lowest BCUT2D eigenvalue weighted by Gasteiger charge is -2.08. The minimum absolute atomic E-state index is 0.467. The van der Waals surface area contributed by atoms with Crippen LogP contribution < -0.4 is 5.32 Å². The van der Waals surface area contributed by atoms with Crippen LogP contribution in [0.1, 0.15) is 19.2 Å². The number of hydrogen-bond acceptors (Lipinski definition) is 5. The van der Waals surface area contributed by atoms with E-state index in [-0.39, 0.29) is 0 Å². The minimum atomic E-state index is 0.467. The first-order chi connectivity index (χ1) is 10.2. The lowest BCUT2D eigenvalue weighted by atomic mass is 10.3. The van der Waals surface area contributed by atoms with Gasteiger partial charge in [-0.05, 0) is 6.42 Å². The van der Waals surface area contributed by atoms with E-state index in [1.54, 1.807) is 28.0 Å². The first-order valence-electron chi connectivity index (χ1n) is 6.78. The van der Waals surface area contributed by atoms with Gasteiger partial charge in [0.25, 0.3) is 0 Å². The maximum atomic E-state index is 5.88. The predicted octanol–water partition coefficient (Wildman–Crippen LogP) is 2.08. The monoisotopic (exact) mass is 305 g/mol. The van der Waals surface area contributed by atoms with Crippen molar-refractivity contribution < 1.29 is 0 Å². The summed E-state index contributed by atoms with van der Waals surface area (Å²) in [6.45, 7) is 3.43. The maximum Gasteiger partial charge on any atom is 0.163 e. The fourth-order valence-corrected chi connectivity index (χ4v) is 2.24. The number of rotatable bonds is 5. The van der Waals surface area contributed by atoms with Gasteiger partial charge in [-0.15, -0.1) is 0 Å². The normalized spacial score (nSPS) is 11.2. The lowest BCUT2D eigenvalue weighted by Crippen LogP contribution is -2.10. The summed E-state index contributed by atoms with van der Waals surface area (Å²) in [7, 11) is 1.87. The highest BCUT2D eigenvalue weighted by molar-refractivity contribution is 6.30. The second kappa shape index (κ2) is 5.69. The van der Waals surface area contributed by atoms with Crippen molar-refractivity contribution in [2.75, 3.05) is 11.9 Å². The van der Waals surface area contributed by atoms with Crippen LogP contribution in [-0.4, -0.2) is 36.1 Å². The molecule has 7 nitrogen and oxygen atoms in total. The summed E-state index contributed by atoms with van der Waals surface area (Å²) < 4.78 is 3.46. The van der Waals surface area contributed by atoms with Gasteiger partial charge in [-0.25, -0.2) is 9.97 Å². The number of fused-ring (bicyclic) bond motifs is 1. The Bertz CT molecular complexity index is 761. The van der Waals surface area contributed by atoms with Crippen molar-refractivity contribution >= 4 is 28.5 Å². The van der Waals surface area contributed by atoms with Crippen molar-refractivity contribution in [2.24, 2.45) is 7.05 Å². The third-order valence-corrected chi connectivity index (χ3v) is 3.28. The summed E-state index contributed by atoms with van der Waals surface area (Å²) in [5.41, 5.74) is 0.803. The lowest BCUT2D eigenvalue weighted by molar-refractivity contribution is 0.655. The molecule has 0 radical (unpaired) electrons. The number of nitrogens with one attached hydrogen (secondary N) is 1. The van der Waals surface area contributed by atoms with Crippen LogP contribution in [0.3, 0.4) is 0 Å². The van der Waals surface area contributed by atoms with Crippen LogP contribution in [-0.2, 0) is 13.6 Å². The van der Waals surface area contributed by atoms with Crippen molar-refractivity contribution in [3.8, 4) is 0 Å². The third kappa shape index (κ3) is 2.82. The highest BCUT2D eigenvalue weighted by atomic mass is 35.5. The topological polar surface area (TPSA) is 73.5 Å². The van der Waals surface area contributed by atoms with Gasteiger partial charge in [-0.1, -0.05) is 18.5 Å². The largest absolute Gasteiger partial charge is 0.369 e. The van der Waals surface area contributed by atoms with Crippen LogP contribution in [0.25, 0.3) is 11.0 Å². The average Bonchev–Trinajstić information content (AvgIpc) is 3.03. The van der Waals surface area contributed by atoms with E-state index in [4.69, 9.17) is 11.6 Å². The number of anilines is 1. The molecule has 3 aromatic rings. The van der Waals surface area contributed by atoms with E-state index in [0.717, 1.165) is 29.8 Å². The predicted molar refractivity (Wildman–Crippen MR) is 81.4 cm³/mol. The third-order valence-electron chi connectivity index (χ3n) is 3.09. The molecule has 0 unspecified atom stereocenters. The molecule has 0 saturated carbocycles. The van der Waals surface area contributed by atoms with Gasteiger partial charge >= 0.3 is 0 Å². The summed E-state index contributed by atoms with van der Waals surface area (Å²) in [4.78, 5) is 9.13. The molecule has 0 atom stereocenters. The molecule has 0 aliphatic carbocycles. The van der Waals surface area contributed by atoms with Crippen molar-refractivity contribution in [1.82, 2.24) is 29.5 Å². The molecule has 8 heteroatoms. The molecule has 1 N–H and O–H groups in total. The quantitative estimate of drug-likeness (QED) is 0.781. The number of nitrogens with zero attached hydrogens (tertiary/aromatic N) is 6. The van der Waals surface area contributed by atoms with E-state index in [1.807, 2.05) is 7.05 Å². The second-order valence-corrected chi connectivity index (χ2v) is 5.21. The number of aryl methyl sites for hydroxylation is 1. The Morgan fingerprint density at radius 3 is 2.81 bits per heavy atom. The van der Waals surface area contributed by atoms with Gasteiger partial charge < -0.3 is 5.32 Å². The van der Waals surface area contributed by atoms with Crippen molar-refractivity contribution in [3.05, 3.63) is 29.4 Å². The van der Waals surface area contributed by atoms with Crippen LogP contribution in [0.5, 0.6) is 0 Å². The van der Waals surface area contributed by atoms with Gasteiger partial charge in [0.2, 0.25) is 0 Å². The Kier molecular flexibility index (Phi) is 3.74. The van der Waals surface area contributed by atoms with Crippen LogP contribution >= 0.6 is 11.6 Å². The molecule has 0 aliphatic rings. The van der Waals surface area contributed by atoms with Gasteiger partial charge in [0.1, 0.15) is 12.4 Å². The molecule has 0 spiro atoms. The van der Waals surface area contributed by atoms with Gasteiger partial charge in [0.15, 0.2) is 11.5 Å². The Balaban J connectivity index is 1.99. The SMILES string of the molecule is CCCNc1nc(Cn2cc(Cl)cn2)nc2c1cnn2C. The summed E-state index contributed by atoms with van der Waals surface area (Å²) in [5, 5.41) is 13.2. The van der Waals surface area contributed by atoms with Crippen LogP contribution in [0.4, 0.5) is 5.82 Å². The number of hydrogen-bond donors (Lipinski definition) is 1. The van der Waals surface area contributed by atoms with E-state index in [1.165, 1.54) is 0 Å². The Labute approximate surface area is 127 Å². The fraction of sp³-hybridized carbons (Fsp3) is 0.385. The zero-order chi connectivity index (χ0) is 14.8. The van der Waals surface area contributed by atoms with E-state index in [0.29, 0.717) is 17.4 Å². The highest BCUT2D eigenvalue weighted by Gasteiger charge is 2.11. The Hall–Kier alpha value is -2.15. The average molecular weight is 306 g/mol. The van der Waals surface area contributed by atoms with E-state index >= 15 is 0 Å². The highest BCUT2D eigenvalue weighted by Crippen LogP contribution is 2.20. The van der Waals surface area contributed by atoms with Crippen LogP contribution in [0.15, 0.2) is 18.6 Å². The second-order valence-electron chi connectivity index (χ2n) is 4.78. The maximum absolute atomic E-state index is 5.88. The molecule has 0 amide bonds. The molecule has 110 valence electrons. The molecule has 0 aliphatic heterocycles. The number of aromatic nitrogens is 6.